The summed E-state index contributed by atoms with van der Waals surface area (Å²) in [4.78, 5) is 30.3. The lowest BCUT2D eigenvalue weighted by atomic mass is 9.92. The number of piperidine rings is 1. The minimum atomic E-state index is -0.0249. The van der Waals surface area contributed by atoms with Crippen LogP contribution in [0.4, 0.5) is 0 Å². The molecule has 170 valence electrons. The smallest absolute Gasteiger partial charge is 0.253 e. The van der Waals surface area contributed by atoms with Crippen LogP contribution in [0.3, 0.4) is 0 Å². The van der Waals surface area contributed by atoms with Gasteiger partial charge in [-0.05, 0) is 67.6 Å². The monoisotopic (exact) mass is 454 g/mol. The third kappa shape index (κ3) is 5.09. The van der Waals surface area contributed by atoms with Gasteiger partial charge in [-0.3, -0.25) is 9.59 Å². The first-order valence-corrected chi connectivity index (χ1v) is 11.9. The second-order valence-electron chi connectivity index (χ2n) is 8.74. The molecule has 4 rings (SSSR count). The topological polar surface area (TPSA) is 49.9 Å². The fraction of sp³-hybridized carbons (Fsp3) is 0.462. The number of carbonyl (C=O) groups is 2. The fourth-order valence-electron chi connectivity index (χ4n) is 4.88. The Kier molecular flexibility index (Phi) is 7.36. The summed E-state index contributed by atoms with van der Waals surface area (Å²) in [6, 6.07) is 15.2. The molecule has 0 aliphatic carbocycles. The Bertz CT molecular complexity index is 921. The highest BCUT2D eigenvalue weighted by Gasteiger charge is 2.34. The molecule has 6 heteroatoms. The summed E-state index contributed by atoms with van der Waals surface area (Å²) in [7, 11) is 1.67. The molecule has 2 aromatic carbocycles. The van der Waals surface area contributed by atoms with Crippen LogP contribution >= 0.6 is 11.6 Å². The summed E-state index contributed by atoms with van der Waals surface area (Å²) in [5, 5.41) is 0.620. The molecule has 2 aliphatic rings. The number of rotatable bonds is 4. The first-order chi connectivity index (χ1) is 15.6. The zero-order chi connectivity index (χ0) is 22.5. The predicted molar refractivity (Wildman–Crippen MR) is 126 cm³/mol. The Morgan fingerprint density at radius 1 is 0.875 bits per heavy atom. The van der Waals surface area contributed by atoms with E-state index in [0.717, 1.165) is 38.0 Å². The van der Waals surface area contributed by atoms with Gasteiger partial charge in [0.2, 0.25) is 5.91 Å². The average molecular weight is 455 g/mol. The molecule has 2 amide bonds. The Morgan fingerprint density at radius 2 is 1.56 bits per heavy atom. The van der Waals surface area contributed by atoms with Crippen LogP contribution in [0.2, 0.25) is 5.02 Å². The predicted octanol–water partition coefficient (Wildman–Crippen LogP) is 5.34. The number of methoxy groups -OCH3 is 1. The second kappa shape index (κ2) is 10.4. The lowest BCUT2D eigenvalue weighted by Gasteiger charge is -2.37. The van der Waals surface area contributed by atoms with E-state index in [1.165, 1.54) is 5.56 Å². The fourth-order valence-corrected chi connectivity index (χ4v) is 5.01. The number of hydrogen-bond donors (Lipinski definition) is 0. The quantitative estimate of drug-likeness (QED) is 0.626. The van der Waals surface area contributed by atoms with E-state index in [0.29, 0.717) is 36.5 Å². The summed E-state index contributed by atoms with van der Waals surface area (Å²) in [5.41, 5.74) is 1.82. The molecule has 5 nitrogen and oxygen atoms in total. The Morgan fingerprint density at radius 3 is 2.22 bits per heavy atom. The summed E-state index contributed by atoms with van der Waals surface area (Å²) >= 11 is 5.94. The first-order valence-electron chi connectivity index (χ1n) is 11.6. The molecule has 0 aromatic heterocycles. The van der Waals surface area contributed by atoms with Crippen LogP contribution in [-0.2, 0) is 4.79 Å². The van der Waals surface area contributed by atoms with Gasteiger partial charge in [0.1, 0.15) is 5.75 Å². The van der Waals surface area contributed by atoms with Crippen molar-refractivity contribution < 1.29 is 14.3 Å². The molecule has 0 unspecified atom stereocenters. The molecular weight excluding hydrogens is 424 g/mol. The van der Waals surface area contributed by atoms with E-state index in [9.17, 15) is 9.59 Å². The van der Waals surface area contributed by atoms with Crippen LogP contribution in [0.15, 0.2) is 48.5 Å². The molecule has 0 bridgehead atoms. The Hall–Kier alpha value is -2.53. The molecule has 0 N–H and O–H groups in total. The highest BCUT2D eigenvalue weighted by atomic mass is 35.5. The normalized spacial score (nSPS) is 20.0. The molecular formula is C26H31ClN2O3. The van der Waals surface area contributed by atoms with Crippen LogP contribution in [-0.4, -0.2) is 48.4 Å². The highest BCUT2D eigenvalue weighted by molar-refractivity contribution is 6.30. The number of halogens is 1. The summed E-state index contributed by atoms with van der Waals surface area (Å²) in [6.45, 7) is 2.03. The van der Waals surface area contributed by atoms with Gasteiger partial charge in [-0.2, -0.15) is 0 Å². The van der Waals surface area contributed by atoms with Crippen molar-refractivity contribution in [3.05, 3.63) is 64.7 Å². The number of carbonyl (C=O) groups excluding carboxylic acids is 2. The van der Waals surface area contributed by atoms with Gasteiger partial charge in [-0.15, -0.1) is 0 Å². The number of ether oxygens (including phenoxy) is 1. The maximum atomic E-state index is 13.6. The van der Waals surface area contributed by atoms with Crippen LogP contribution in [0.25, 0.3) is 0 Å². The standard InChI is InChI=1S/C26H31ClN2O3/c1-32-23-12-8-19(9-13-23)24-5-3-2-4-16-29(24)26(31)21-14-17-28(18-15-21)25(30)20-6-10-22(27)11-7-20/h6-13,21,24H,2-5,14-18H2,1H3/t24-/m1/s1. The highest BCUT2D eigenvalue weighted by Crippen LogP contribution is 2.34. The SMILES string of the molecule is COc1ccc([C@H]2CCCCCN2C(=O)C2CCN(C(=O)c3ccc(Cl)cc3)CC2)cc1. The van der Waals surface area contributed by atoms with Crippen LogP contribution in [0, 0.1) is 5.92 Å². The molecule has 0 saturated carbocycles. The molecule has 2 saturated heterocycles. The van der Waals surface area contributed by atoms with E-state index in [-0.39, 0.29) is 23.8 Å². The van der Waals surface area contributed by atoms with E-state index in [1.807, 2.05) is 17.0 Å². The van der Waals surface area contributed by atoms with Gasteiger partial charge in [-0.1, -0.05) is 36.6 Å². The Balaban J connectivity index is 1.42. The van der Waals surface area contributed by atoms with Gasteiger partial charge < -0.3 is 14.5 Å². The number of hydrogen-bond acceptors (Lipinski definition) is 3. The number of likely N-dealkylation sites (tertiary alicyclic amines) is 2. The van der Waals surface area contributed by atoms with E-state index < -0.39 is 0 Å². The lowest BCUT2D eigenvalue weighted by molar-refractivity contribution is -0.139. The van der Waals surface area contributed by atoms with Crippen molar-refractivity contribution in [3.8, 4) is 5.75 Å². The van der Waals surface area contributed by atoms with Crippen LogP contribution in [0.5, 0.6) is 5.75 Å². The average Bonchev–Trinajstić information content (AvgIpc) is 3.10. The van der Waals surface area contributed by atoms with Crippen molar-refractivity contribution in [1.29, 1.82) is 0 Å². The minimum absolute atomic E-state index is 0.0125. The third-order valence-electron chi connectivity index (χ3n) is 6.76. The lowest BCUT2D eigenvalue weighted by Crippen LogP contribution is -2.45. The number of nitrogens with zero attached hydrogens (tertiary/aromatic N) is 2. The largest absolute Gasteiger partial charge is 0.497 e. The van der Waals surface area contributed by atoms with Gasteiger partial charge in [0, 0.05) is 36.1 Å². The zero-order valence-electron chi connectivity index (χ0n) is 18.6. The molecule has 32 heavy (non-hydrogen) atoms. The third-order valence-corrected chi connectivity index (χ3v) is 7.01. The van der Waals surface area contributed by atoms with E-state index >= 15 is 0 Å². The molecule has 2 fully saturated rings. The van der Waals surface area contributed by atoms with Crippen molar-refractivity contribution in [2.45, 2.75) is 44.6 Å². The van der Waals surface area contributed by atoms with Crippen molar-refractivity contribution in [1.82, 2.24) is 9.80 Å². The molecule has 2 aliphatic heterocycles. The molecule has 2 aromatic rings. The van der Waals surface area contributed by atoms with E-state index in [1.54, 1.807) is 31.4 Å². The molecule has 0 radical (unpaired) electrons. The first kappa shape index (κ1) is 22.7. The minimum Gasteiger partial charge on any atom is -0.497 e. The van der Waals surface area contributed by atoms with Crippen LogP contribution < -0.4 is 4.74 Å². The summed E-state index contributed by atoms with van der Waals surface area (Å²) < 4.78 is 5.30. The van der Waals surface area contributed by atoms with Gasteiger partial charge >= 0.3 is 0 Å². The van der Waals surface area contributed by atoms with Crippen molar-refractivity contribution >= 4 is 23.4 Å². The van der Waals surface area contributed by atoms with Crippen molar-refractivity contribution in [2.24, 2.45) is 5.92 Å². The van der Waals surface area contributed by atoms with Crippen LogP contribution in [0.1, 0.15) is 60.5 Å². The van der Waals surface area contributed by atoms with Gasteiger partial charge in [0.05, 0.1) is 13.2 Å². The maximum Gasteiger partial charge on any atom is 0.253 e. The summed E-state index contributed by atoms with van der Waals surface area (Å²) in [6.07, 6.45) is 5.76. The number of benzene rings is 2. The van der Waals surface area contributed by atoms with Gasteiger partial charge in [0.15, 0.2) is 0 Å². The van der Waals surface area contributed by atoms with Crippen molar-refractivity contribution in [3.63, 3.8) is 0 Å². The molecule has 2 heterocycles. The van der Waals surface area contributed by atoms with Crippen molar-refractivity contribution in [2.75, 3.05) is 26.7 Å². The van der Waals surface area contributed by atoms with E-state index in [4.69, 9.17) is 16.3 Å². The molecule has 1 atom stereocenters. The number of amides is 2. The zero-order valence-corrected chi connectivity index (χ0v) is 19.4. The van der Waals surface area contributed by atoms with Gasteiger partial charge in [-0.25, -0.2) is 0 Å². The van der Waals surface area contributed by atoms with Gasteiger partial charge in [0.25, 0.3) is 5.91 Å². The second-order valence-corrected chi connectivity index (χ2v) is 9.18. The summed E-state index contributed by atoms with van der Waals surface area (Å²) in [5.74, 6) is 1.06. The molecule has 0 spiro atoms. The van der Waals surface area contributed by atoms with E-state index in [2.05, 4.69) is 17.0 Å². The maximum absolute atomic E-state index is 13.6. The Labute approximate surface area is 195 Å².